The molecule has 2 atom stereocenters. The Balaban J connectivity index is 1.41. The molecule has 1 aliphatic carbocycles. The second-order valence-electron chi connectivity index (χ2n) is 7.87. The summed E-state index contributed by atoms with van der Waals surface area (Å²) in [5.41, 5.74) is 2.84. The zero-order valence-electron chi connectivity index (χ0n) is 17.3. The van der Waals surface area contributed by atoms with Gasteiger partial charge in [-0.2, -0.15) is 0 Å². The Morgan fingerprint density at radius 1 is 1.03 bits per heavy atom. The fourth-order valence-electron chi connectivity index (χ4n) is 4.11. The second-order valence-corrected chi connectivity index (χ2v) is 7.87. The van der Waals surface area contributed by atoms with Crippen molar-refractivity contribution in [1.82, 2.24) is 5.32 Å². The number of anilines is 1. The number of nitrogens with zero attached hydrogens (tertiary/aromatic N) is 1. The maximum Gasteiger partial charge on any atom is 0.338 e. The van der Waals surface area contributed by atoms with Crippen LogP contribution in [-0.4, -0.2) is 29.8 Å². The van der Waals surface area contributed by atoms with E-state index < -0.39 is 12.1 Å². The van der Waals surface area contributed by atoms with Crippen LogP contribution in [0.4, 0.5) is 5.69 Å². The van der Waals surface area contributed by atoms with E-state index in [1.54, 1.807) is 12.1 Å². The molecule has 7 nitrogen and oxygen atoms in total. The number of benzene rings is 2. The summed E-state index contributed by atoms with van der Waals surface area (Å²) in [7, 11) is 0. The molecule has 0 aromatic heterocycles. The maximum atomic E-state index is 12.7. The van der Waals surface area contributed by atoms with Crippen molar-refractivity contribution in [2.24, 2.45) is 0 Å². The highest BCUT2D eigenvalue weighted by molar-refractivity contribution is 6.20. The van der Waals surface area contributed by atoms with E-state index in [-0.39, 0.29) is 42.2 Å². The highest BCUT2D eigenvalue weighted by Gasteiger charge is 2.31. The van der Waals surface area contributed by atoms with Gasteiger partial charge in [0.25, 0.3) is 5.91 Å². The minimum atomic E-state index is -0.986. The standard InChI is InChI=1S/C24H24N2O5/c1-15(23(29)25-20-11-5-7-16-6-2-3-10-19(16)20)31-24(30)17-8-4-9-18(14-17)26-21(27)12-13-22(26)28/h2-4,6,8-10,14-15,20H,5,7,11-13H2,1H3,(H,25,29)/t15-,20-/m0/s1. The van der Waals surface area contributed by atoms with Crippen molar-refractivity contribution >= 4 is 29.4 Å². The van der Waals surface area contributed by atoms with Gasteiger partial charge in [-0.25, -0.2) is 4.79 Å². The molecule has 1 N–H and O–H groups in total. The van der Waals surface area contributed by atoms with Crippen molar-refractivity contribution in [3.05, 3.63) is 65.2 Å². The highest BCUT2D eigenvalue weighted by Crippen LogP contribution is 2.29. The van der Waals surface area contributed by atoms with Gasteiger partial charge in [0.2, 0.25) is 11.8 Å². The van der Waals surface area contributed by atoms with Crippen LogP contribution in [0.15, 0.2) is 48.5 Å². The number of nitrogens with one attached hydrogen (secondary N) is 1. The number of hydrogen-bond donors (Lipinski definition) is 1. The number of ether oxygens (including phenoxy) is 1. The average Bonchev–Trinajstić information content (AvgIpc) is 3.12. The molecule has 2 aromatic carbocycles. The van der Waals surface area contributed by atoms with Crippen LogP contribution >= 0.6 is 0 Å². The van der Waals surface area contributed by atoms with Gasteiger partial charge in [-0.1, -0.05) is 30.3 Å². The first-order valence-electron chi connectivity index (χ1n) is 10.5. The number of imide groups is 1. The summed E-state index contributed by atoms with van der Waals surface area (Å²) < 4.78 is 5.36. The third-order valence-electron chi connectivity index (χ3n) is 5.73. The summed E-state index contributed by atoms with van der Waals surface area (Å²) in [6, 6.07) is 14.1. The smallest absolute Gasteiger partial charge is 0.338 e. The van der Waals surface area contributed by atoms with Gasteiger partial charge in [-0.3, -0.25) is 19.3 Å². The molecule has 0 unspecified atom stereocenters. The van der Waals surface area contributed by atoms with E-state index in [2.05, 4.69) is 11.4 Å². The van der Waals surface area contributed by atoms with Gasteiger partial charge in [-0.05, 0) is 55.5 Å². The summed E-state index contributed by atoms with van der Waals surface area (Å²) in [5, 5.41) is 2.99. The predicted molar refractivity (Wildman–Crippen MR) is 113 cm³/mol. The molecule has 0 spiro atoms. The molecule has 7 heteroatoms. The van der Waals surface area contributed by atoms with Crippen LogP contribution < -0.4 is 10.2 Å². The summed E-state index contributed by atoms with van der Waals surface area (Å²) in [6.07, 6.45) is 2.15. The molecular weight excluding hydrogens is 396 g/mol. The molecule has 1 saturated heterocycles. The van der Waals surface area contributed by atoms with Crippen LogP contribution in [0.1, 0.15) is 60.1 Å². The minimum Gasteiger partial charge on any atom is -0.449 e. The molecule has 0 bridgehead atoms. The Bertz CT molecular complexity index is 1030. The first kappa shape index (κ1) is 20.8. The number of carbonyl (C=O) groups is 4. The van der Waals surface area contributed by atoms with Crippen molar-refractivity contribution in [2.75, 3.05) is 4.90 Å². The number of esters is 1. The minimum absolute atomic E-state index is 0.103. The molecule has 2 aliphatic rings. The normalized spacial score (nSPS) is 19.0. The topological polar surface area (TPSA) is 92.8 Å². The Morgan fingerprint density at radius 2 is 1.77 bits per heavy atom. The second kappa shape index (κ2) is 8.71. The lowest BCUT2D eigenvalue weighted by atomic mass is 9.87. The van der Waals surface area contributed by atoms with E-state index in [0.717, 1.165) is 29.7 Å². The van der Waals surface area contributed by atoms with E-state index in [9.17, 15) is 19.2 Å². The third-order valence-corrected chi connectivity index (χ3v) is 5.73. The average molecular weight is 420 g/mol. The van der Waals surface area contributed by atoms with Crippen molar-refractivity contribution in [3.63, 3.8) is 0 Å². The predicted octanol–water partition coefficient (Wildman–Crippen LogP) is 3.08. The molecule has 0 radical (unpaired) electrons. The van der Waals surface area contributed by atoms with Crippen LogP contribution in [0, 0.1) is 0 Å². The van der Waals surface area contributed by atoms with E-state index in [1.165, 1.54) is 24.6 Å². The number of aryl methyl sites for hydroxylation is 1. The molecular formula is C24H24N2O5. The molecule has 3 amide bonds. The fourth-order valence-corrected chi connectivity index (χ4v) is 4.11. The van der Waals surface area contributed by atoms with Gasteiger partial charge in [-0.15, -0.1) is 0 Å². The van der Waals surface area contributed by atoms with Crippen molar-refractivity contribution in [1.29, 1.82) is 0 Å². The number of carbonyl (C=O) groups excluding carboxylic acids is 4. The van der Waals surface area contributed by atoms with Crippen LogP contribution in [0.3, 0.4) is 0 Å². The van der Waals surface area contributed by atoms with Crippen LogP contribution in [0.5, 0.6) is 0 Å². The Labute approximate surface area is 180 Å². The molecule has 4 rings (SSSR count). The largest absolute Gasteiger partial charge is 0.449 e. The SMILES string of the molecule is C[C@H](OC(=O)c1cccc(N2C(=O)CCC2=O)c1)C(=O)N[C@H]1CCCc2ccccc21. The fraction of sp³-hybridized carbons (Fsp3) is 0.333. The molecule has 160 valence electrons. The van der Waals surface area contributed by atoms with Gasteiger partial charge in [0.15, 0.2) is 6.10 Å². The third kappa shape index (κ3) is 4.35. The Hall–Kier alpha value is -3.48. The summed E-state index contributed by atoms with van der Waals surface area (Å²) in [6.45, 7) is 1.53. The number of hydrogen-bond acceptors (Lipinski definition) is 5. The zero-order valence-corrected chi connectivity index (χ0v) is 17.3. The van der Waals surface area contributed by atoms with Crippen LogP contribution in [0.25, 0.3) is 0 Å². The lowest BCUT2D eigenvalue weighted by Gasteiger charge is -2.27. The lowest BCUT2D eigenvalue weighted by molar-refractivity contribution is -0.130. The highest BCUT2D eigenvalue weighted by atomic mass is 16.5. The molecule has 2 aromatic rings. The molecule has 0 saturated carbocycles. The number of amides is 3. The number of fused-ring (bicyclic) bond motifs is 1. The summed E-state index contributed by atoms with van der Waals surface area (Å²) >= 11 is 0. The summed E-state index contributed by atoms with van der Waals surface area (Å²) in [4.78, 5) is 50.2. The quantitative estimate of drug-likeness (QED) is 0.593. The van der Waals surface area contributed by atoms with Gasteiger partial charge >= 0.3 is 5.97 Å². The molecule has 1 aliphatic heterocycles. The van der Waals surface area contributed by atoms with E-state index in [0.29, 0.717) is 5.69 Å². The van der Waals surface area contributed by atoms with E-state index in [4.69, 9.17) is 4.74 Å². The van der Waals surface area contributed by atoms with E-state index in [1.807, 2.05) is 18.2 Å². The first-order chi connectivity index (χ1) is 14.9. The van der Waals surface area contributed by atoms with Gasteiger partial charge in [0, 0.05) is 12.8 Å². The van der Waals surface area contributed by atoms with Gasteiger partial charge in [0.05, 0.1) is 17.3 Å². The molecule has 1 fully saturated rings. The zero-order chi connectivity index (χ0) is 22.0. The lowest BCUT2D eigenvalue weighted by Crippen LogP contribution is -2.39. The van der Waals surface area contributed by atoms with Crippen molar-refractivity contribution in [2.45, 2.75) is 51.2 Å². The van der Waals surface area contributed by atoms with Crippen LogP contribution in [0.2, 0.25) is 0 Å². The number of rotatable bonds is 5. The first-order valence-corrected chi connectivity index (χ1v) is 10.5. The van der Waals surface area contributed by atoms with Crippen molar-refractivity contribution < 1.29 is 23.9 Å². The van der Waals surface area contributed by atoms with E-state index >= 15 is 0 Å². The van der Waals surface area contributed by atoms with Gasteiger partial charge < -0.3 is 10.1 Å². The molecule has 31 heavy (non-hydrogen) atoms. The van der Waals surface area contributed by atoms with Gasteiger partial charge in [0.1, 0.15) is 0 Å². The monoisotopic (exact) mass is 420 g/mol. The maximum absolute atomic E-state index is 12.7. The molecule has 1 heterocycles. The Kier molecular flexibility index (Phi) is 5.84. The Morgan fingerprint density at radius 3 is 2.55 bits per heavy atom. The van der Waals surface area contributed by atoms with Crippen molar-refractivity contribution in [3.8, 4) is 0 Å². The summed E-state index contributed by atoms with van der Waals surface area (Å²) in [5.74, 6) is -1.64. The van der Waals surface area contributed by atoms with Crippen LogP contribution in [-0.2, 0) is 25.5 Å².